The van der Waals surface area contributed by atoms with E-state index in [2.05, 4.69) is 217 Å². The molecule has 0 fully saturated rings. The van der Waals surface area contributed by atoms with Gasteiger partial charge in [-0.3, -0.25) is 0 Å². The number of fused-ring (bicyclic) bond motifs is 8. The molecule has 3 aliphatic rings. The van der Waals surface area contributed by atoms with Gasteiger partial charge in [0.25, 0.3) is 0 Å². The van der Waals surface area contributed by atoms with Crippen molar-refractivity contribution < 1.29 is 4.74 Å². The van der Waals surface area contributed by atoms with Crippen molar-refractivity contribution in [3.05, 3.63) is 200 Å². The number of anilines is 6. The molecule has 9 aromatic carbocycles. The molecule has 0 N–H and O–H groups in total. The summed E-state index contributed by atoms with van der Waals surface area (Å²) in [6, 6.07) is 75.7. The van der Waals surface area contributed by atoms with Crippen LogP contribution in [0, 0.1) is 0 Å². The summed E-state index contributed by atoms with van der Waals surface area (Å²) in [6.07, 6.45) is 1.08. The van der Waals surface area contributed by atoms with Crippen molar-refractivity contribution in [3.8, 4) is 22.1 Å². The molecule has 0 spiro atoms. The molecule has 0 saturated carbocycles. The van der Waals surface area contributed by atoms with Gasteiger partial charge in [-0.25, -0.2) is 0 Å². The third-order valence-electron chi connectivity index (χ3n) is 13.9. The minimum atomic E-state index is -3.80. The van der Waals surface area contributed by atoms with Crippen LogP contribution in [0.15, 0.2) is 200 Å². The molecule has 14 rings (SSSR count). The molecule has 2 aromatic heterocycles. The first-order valence-corrected chi connectivity index (χ1v) is 29.4. The van der Waals surface area contributed by atoms with Crippen molar-refractivity contribution in [1.29, 1.82) is 0 Å². The molecule has 3 nitrogen and oxygen atoms in total. The van der Waals surface area contributed by atoms with Gasteiger partial charge in [0.05, 0.1) is 0 Å². The fourth-order valence-electron chi connectivity index (χ4n) is 11.8. The van der Waals surface area contributed by atoms with Gasteiger partial charge in [0.15, 0.2) is 0 Å². The number of hydrogen-bond donors (Lipinski definition) is 0. The fourth-order valence-corrected chi connectivity index (χ4v) is 30.1. The summed E-state index contributed by atoms with van der Waals surface area (Å²) in [7, 11) is -1.78. The average Bonchev–Trinajstić information content (AvgIpc) is 3.85. The van der Waals surface area contributed by atoms with Gasteiger partial charge in [-0.1, -0.05) is 0 Å². The van der Waals surface area contributed by atoms with Crippen LogP contribution in [0.1, 0.15) is 13.3 Å². The zero-order chi connectivity index (χ0) is 41.4. The van der Waals surface area contributed by atoms with Gasteiger partial charge >= 0.3 is 373 Å². The Morgan fingerprint density at radius 1 is 0.429 bits per heavy atom. The number of rotatable bonds is 6. The summed E-state index contributed by atoms with van der Waals surface area (Å²) in [5.74, 6) is 2.11. The summed E-state index contributed by atoms with van der Waals surface area (Å²) < 4.78 is 12.3. The van der Waals surface area contributed by atoms with E-state index in [9.17, 15) is 0 Å². The number of para-hydroxylation sites is 2. The number of benzene rings is 9. The second-order valence-corrected chi connectivity index (χ2v) is 29.4. The van der Waals surface area contributed by atoms with Crippen LogP contribution in [-0.4, -0.2) is 13.3 Å². The molecule has 6 heteroatoms. The Bertz CT molecular complexity index is 3440. The Hall–Kier alpha value is -6.48. The normalized spacial score (nSPS) is 16.2. The van der Waals surface area contributed by atoms with Crippen LogP contribution < -0.4 is 27.7 Å². The van der Waals surface area contributed by atoms with Crippen LogP contribution in [0.25, 0.3) is 52.6 Å². The van der Waals surface area contributed by atoms with Gasteiger partial charge < -0.3 is 0 Å². The predicted molar refractivity (Wildman–Crippen MR) is 274 cm³/mol. The van der Waals surface area contributed by atoms with Crippen molar-refractivity contribution in [3.63, 3.8) is 0 Å². The van der Waals surface area contributed by atoms with Gasteiger partial charge in [-0.2, -0.15) is 0 Å². The van der Waals surface area contributed by atoms with E-state index in [0.717, 1.165) is 23.2 Å². The Morgan fingerprint density at radius 2 is 0.841 bits per heavy atom. The number of hydrogen-bond acceptors (Lipinski definition) is 3. The van der Waals surface area contributed by atoms with Gasteiger partial charge in [0.1, 0.15) is 0 Å². The van der Waals surface area contributed by atoms with Crippen molar-refractivity contribution in [1.82, 2.24) is 0 Å². The van der Waals surface area contributed by atoms with E-state index in [4.69, 9.17) is 4.74 Å². The van der Waals surface area contributed by atoms with Gasteiger partial charge in [0, 0.05) is 0 Å². The molecule has 0 amide bonds. The fraction of sp³-hybridized carbons (Fsp3) is 0.0526. The third kappa shape index (κ3) is 4.72. The molecular formula is C57H40GeN2OP2. The Labute approximate surface area is 370 Å². The summed E-state index contributed by atoms with van der Waals surface area (Å²) >= 11 is -3.80. The van der Waals surface area contributed by atoms with E-state index < -0.39 is 28.3 Å². The molecular weight excluding hydrogens is 863 g/mol. The number of nitrogens with zero attached hydrogens (tertiary/aromatic N) is 2. The van der Waals surface area contributed by atoms with E-state index in [1.165, 1.54) is 95.5 Å². The van der Waals surface area contributed by atoms with Gasteiger partial charge in [-0.05, 0) is 0 Å². The number of ether oxygens (including phenoxy) is 1. The van der Waals surface area contributed by atoms with Crippen molar-refractivity contribution in [2.75, 3.05) is 9.80 Å². The molecule has 0 saturated heterocycles. The second kappa shape index (κ2) is 13.5. The van der Waals surface area contributed by atoms with Crippen molar-refractivity contribution in [2.24, 2.45) is 0 Å². The van der Waals surface area contributed by atoms with Crippen LogP contribution in [0.5, 0.6) is 11.5 Å². The topological polar surface area (TPSA) is 15.7 Å². The van der Waals surface area contributed by atoms with E-state index in [-0.39, 0.29) is 0 Å². The Balaban J connectivity index is 1.25. The van der Waals surface area contributed by atoms with E-state index in [0.29, 0.717) is 0 Å². The first kappa shape index (κ1) is 36.1. The molecule has 0 radical (unpaired) electrons. The first-order chi connectivity index (χ1) is 31.3. The molecule has 2 unspecified atom stereocenters. The molecule has 63 heavy (non-hydrogen) atoms. The van der Waals surface area contributed by atoms with Crippen LogP contribution >= 0.6 is 15.1 Å². The Kier molecular flexibility index (Phi) is 7.73. The summed E-state index contributed by atoms with van der Waals surface area (Å²) in [4.78, 5) is 5.34. The molecule has 11 aromatic rings. The zero-order valence-corrected chi connectivity index (χ0v) is 38.6. The second-order valence-electron chi connectivity index (χ2n) is 17.1. The zero-order valence-electron chi connectivity index (χ0n) is 34.7. The SMILES string of the molecule is CC[CH2][Ge]12[c]3c4cccc3N(c3ccccc3)c3[c]1c(cc1c5ccccc5p(-c5ccccc5)c31)Oc1cc3c5ccccc5p(-c5ccccc5)c3c([c]12)N4c1ccccc1. The standard InChI is InChI=1S/C57H40GeN2OP2/c1-2-34-58-51-45-30-19-31-46(51)60(38-22-9-4-10-23-38)55-53(58)48(36-44-42-29-16-18-33-50(42)63(57(44)55)40-26-13-6-14-27-40)61-47-35-43-41-28-15-17-32-49(41)62(39-24-11-5-12-25-39)56(43)54(52(47)58)59(45)37-20-7-3-8-21-37/h3-33,35-36H,2,34H2,1H3. The quantitative estimate of drug-likeness (QED) is 0.155. The molecule has 0 bridgehead atoms. The molecule has 298 valence electrons. The Morgan fingerprint density at radius 3 is 1.29 bits per heavy atom. The van der Waals surface area contributed by atoms with Crippen LogP contribution in [0.2, 0.25) is 5.25 Å². The summed E-state index contributed by atoms with van der Waals surface area (Å²) in [6.45, 7) is 2.43. The predicted octanol–water partition coefficient (Wildman–Crippen LogP) is 15.8. The summed E-state index contributed by atoms with van der Waals surface area (Å²) in [5.41, 5.74) is 7.77. The maximum atomic E-state index is 7.76. The van der Waals surface area contributed by atoms with Crippen LogP contribution in [0.3, 0.4) is 0 Å². The van der Waals surface area contributed by atoms with E-state index in [1.807, 2.05) is 0 Å². The molecule has 3 aliphatic heterocycles. The van der Waals surface area contributed by atoms with Gasteiger partial charge in [0.2, 0.25) is 0 Å². The van der Waals surface area contributed by atoms with Crippen LogP contribution in [0.4, 0.5) is 34.1 Å². The van der Waals surface area contributed by atoms with Crippen LogP contribution in [-0.2, 0) is 0 Å². The average molecular weight is 904 g/mol. The minimum absolute atomic E-state index is 0.890. The molecule has 2 atom stereocenters. The van der Waals surface area contributed by atoms with Crippen molar-refractivity contribution >= 4 is 118 Å². The van der Waals surface area contributed by atoms with E-state index >= 15 is 0 Å². The van der Waals surface area contributed by atoms with Gasteiger partial charge in [-0.15, -0.1) is 0 Å². The van der Waals surface area contributed by atoms with Crippen molar-refractivity contribution in [2.45, 2.75) is 18.6 Å². The summed E-state index contributed by atoms with van der Waals surface area (Å²) in [5, 5.41) is 15.0. The molecule has 5 heterocycles. The third-order valence-corrected chi connectivity index (χ3v) is 30.2. The maximum absolute atomic E-state index is 7.76. The first-order valence-electron chi connectivity index (χ1n) is 22.1. The molecule has 0 aliphatic carbocycles. The monoisotopic (exact) mass is 904 g/mol. The van der Waals surface area contributed by atoms with E-state index in [1.54, 1.807) is 4.40 Å².